The van der Waals surface area contributed by atoms with Crippen molar-refractivity contribution in [2.45, 2.75) is 32.5 Å². The summed E-state index contributed by atoms with van der Waals surface area (Å²) in [6.07, 6.45) is 4.79. The average Bonchev–Trinajstić information content (AvgIpc) is 2.55. The molecule has 22 heavy (non-hydrogen) atoms. The third-order valence-electron chi connectivity index (χ3n) is 3.36. The number of ether oxygens (including phenoxy) is 1. The van der Waals surface area contributed by atoms with Crippen LogP contribution in [0.2, 0.25) is 0 Å². The van der Waals surface area contributed by atoms with Crippen molar-refractivity contribution < 1.29 is 18.7 Å². The van der Waals surface area contributed by atoms with Crippen molar-refractivity contribution in [1.29, 1.82) is 5.26 Å². The third-order valence-corrected chi connectivity index (χ3v) is 3.36. The van der Waals surface area contributed by atoms with Gasteiger partial charge in [0.25, 0.3) is 11.6 Å². The molecule has 2 unspecified atom stereocenters. The van der Waals surface area contributed by atoms with Crippen molar-refractivity contribution in [3.63, 3.8) is 0 Å². The molecule has 0 aliphatic carbocycles. The maximum Gasteiger partial charge on any atom is 0.414 e. The molecule has 2 amide bonds. The number of allylic oxidation sites excluding steroid dienone is 2. The number of rotatable bonds is 5. The first-order valence-corrected chi connectivity index (χ1v) is 7.15. The van der Waals surface area contributed by atoms with Gasteiger partial charge in [-0.3, -0.25) is 9.69 Å². The smallest absolute Gasteiger partial charge is 0.414 e. The van der Waals surface area contributed by atoms with Crippen molar-refractivity contribution in [1.82, 2.24) is 9.80 Å². The number of halogens is 1. The molecule has 0 aromatic carbocycles. The highest BCUT2D eigenvalue weighted by Gasteiger charge is 2.52. The van der Waals surface area contributed by atoms with E-state index in [1.165, 1.54) is 35.4 Å². The lowest BCUT2D eigenvalue weighted by atomic mass is 9.93. The normalized spacial score (nSPS) is 19.2. The van der Waals surface area contributed by atoms with Crippen LogP contribution in [0.3, 0.4) is 0 Å². The number of carbonyl (C=O) groups is 2. The topological polar surface area (TPSA) is 73.6 Å². The SMILES string of the molecule is CCOC(=O)N1C=CC=CC1C(F)(C#N)C(=O)N(CC)CC. The van der Waals surface area contributed by atoms with Gasteiger partial charge in [0.05, 0.1) is 6.61 Å². The minimum atomic E-state index is -2.87. The highest BCUT2D eigenvalue weighted by molar-refractivity contribution is 5.90. The van der Waals surface area contributed by atoms with Crippen molar-refractivity contribution in [2.24, 2.45) is 0 Å². The fraction of sp³-hybridized carbons (Fsp3) is 0.533. The molecule has 0 saturated carbocycles. The Kier molecular flexibility index (Phi) is 6.11. The number of amides is 2. The van der Waals surface area contributed by atoms with Crippen molar-refractivity contribution in [3.05, 3.63) is 24.4 Å². The fourth-order valence-corrected chi connectivity index (χ4v) is 2.18. The van der Waals surface area contributed by atoms with E-state index in [9.17, 15) is 14.9 Å². The summed E-state index contributed by atoms with van der Waals surface area (Å²) in [6, 6.07) is 0.0655. The van der Waals surface area contributed by atoms with E-state index in [0.717, 1.165) is 4.90 Å². The highest BCUT2D eigenvalue weighted by atomic mass is 19.1. The molecule has 6 nitrogen and oxygen atoms in total. The van der Waals surface area contributed by atoms with Gasteiger partial charge in [-0.1, -0.05) is 12.2 Å². The van der Waals surface area contributed by atoms with Crippen LogP contribution in [0, 0.1) is 11.3 Å². The van der Waals surface area contributed by atoms with Gasteiger partial charge in [0.2, 0.25) is 0 Å². The van der Waals surface area contributed by atoms with Crippen molar-refractivity contribution >= 4 is 12.0 Å². The summed E-state index contributed by atoms with van der Waals surface area (Å²) in [5.74, 6) is -0.959. The molecule has 0 aromatic heterocycles. The standard InChI is InChI=1S/C15H20FN3O3/c1-4-18(5-2)13(20)15(16,11-17)12-9-7-8-10-19(12)14(21)22-6-3/h7-10,12H,4-6H2,1-3H3. The van der Waals surface area contributed by atoms with Crippen LogP contribution in [-0.2, 0) is 9.53 Å². The lowest BCUT2D eigenvalue weighted by molar-refractivity contribution is -0.142. The molecule has 0 saturated heterocycles. The maximum absolute atomic E-state index is 15.2. The Morgan fingerprint density at radius 3 is 2.50 bits per heavy atom. The molecular weight excluding hydrogens is 289 g/mol. The average molecular weight is 309 g/mol. The Morgan fingerprint density at radius 1 is 1.36 bits per heavy atom. The second-order valence-electron chi connectivity index (χ2n) is 4.58. The first-order valence-electron chi connectivity index (χ1n) is 7.15. The molecule has 120 valence electrons. The molecular formula is C15H20FN3O3. The predicted octanol–water partition coefficient (Wildman–Crippen LogP) is 2.00. The van der Waals surface area contributed by atoms with Gasteiger partial charge in [-0.2, -0.15) is 5.26 Å². The van der Waals surface area contributed by atoms with E-state index in [-0.39, 0.29) is 19.7 Å². The van der Waals surface area contributed by atoms with Gasteiger partial charge in [-0.15, -0.1) is 0 Å². The lowest BCUT2D eigenvalue weighted by Gasteiger charge is -2.35. The van der Waals surface area contributed by atoms with Gasteiger partial charge in [-0.25, -0.2) is 9.18 Å². The predicted molar refractivity (Wildman–Crippen MR) is 78.3 cm³/mol. The van der Waals surface area contributed by atoms with Crippen LogP contribution in [0.15, 0.2) is 24.4 Å². The van der Waals surface area contributed by atoms with Gasteiger partial charge in [0, 0.05) is 19.3 Å². The van der Waals surface area contributed by atoms with Gasteiger partial charge in [0.1, 0.15) is 12.1 Å². The van der Waals surface area contributed by atoms with Crippen LogP contribution in [0.5, 0.6) is 0 Å². The Balaban J connectivity index is 3.17. The molecule has 2 atom stereocenters. The minimum absolute atomic E-state index is 0.107. The Bertz CT molecular complexity index is 523. The molecule has 1 aliphatic rings. The van der Waals surface area contributed by atoms with Gasteiger partial charge >= 0.3 is 6.09 Å². The fourth-order valence-electron chi connectivity index (χ4n) is 2.18. The zero-order chi connectivity index (χ0) is 16.8. The lowest BCUT2D eigenvalue weighted by Crippen LogP contribution is -2.58. The van der Waals surface area contributed by atoms with E-state index in [2.05, 4.69) is 0 Å². The van der Waals surface area contributed by atoms with Crippen molar-refractivity contribution in [3.8, 4) is 6.07 Å². The summed E-state index contributed by atoms with van der Waals surface area (Å²) in [5.41, 5.74) is -2.87. The second-order valence-corrected chi connectivity index (χ2v) is 4.58. The zero-order valence-electron chi connectivity index (χ0n) is 13.0. The molecule has 7 heteroatoms. The van der Waals surface area contributed by atoms with Crippen LogP contribution in [-0.4, -0.2) is 53.2 Å². The Hall–Kier alpha value is -2.36. The summed E-state index contributed by atoms with van der Waals surface area (Å²) in [6.45, 7) is 5.65. The summed E-state index contributed by atoms with van der Waals surface area (Å²) >= 11 is 0. The summed E-state index contributed by atoms with van der Waals surface area (Å²) in [5, 5.41) is 9.27. The first-order chi connectivity index (χ1) is 10.5. The number of hydrogen-bond donors (Lipinski definition) is 0. The number of hydrogen-bond acceptors (Lipinski definition) is 4. The van der Waals surface area contributed by atoms with Gasteiger partial charge in [0.15, 0.2) is 0 Å². The quantitative estimate of drug-likeness (QED) is 0.778. The molecule has 0 spiro atoms. The largest absolute Gasteiger partial charge is 0.449 e. The summed E-state index contributed by atoms with van der Waals surface area (Å²) in [4.78, 5) is 26.4. The number of alkyl halides is 1. The van der Waals surface area contributed by atoms with E-state index >= 15 is 4.39 Å². The first kappa shape index (κ1) is 17.7. The van der Waals surface area contributed by atoms with E-state index in [0.29, 0.717) is 0 Å². The zero-order valence-corrected chi connectivity index (χ0v) is 13.0. The molecule has 0 N–H and O–H groups in total. The maximum atomic E-state index is 15.2. The molecule has 0 bridgehead atoms. The van der Waals surface area contributed by atoms with Crippen LogP contribution < -0.4 is 0 Å². The van der Waals surface area contributed by atoms with Crippen LogP contribution >= 0.6 is 0 Å². The molecule has 1 rings (SSSR count). The molecule has 0 fully saturated rings. The second kappa shape index (κ2) is 7.59. The van der Waals surface area contributed by atoms with Gasteiger partial charge < -0.3 is 9.64 Å². The Morgan fingerprint density at radius 2 is 2.00 bits per heavy atom. The van der Waals surface area contributed by atoms with E-state index in [1.54, 1.807) is 20.8 Å². The van der Waals surface area contributed by atoms with E-state index < -0.39 is 23.7 Å². The number of nitriles is 1. The highest BCUT2D eigenvalue weighted by Crippen LogP contribution is 2.28. The van der Waals surface area contributed by atoms with E-state index in [1.807, 2.05) is 0 Å². The molecule has 0 radical (unpaired) electrons. The van der Waals surface area contributed by atoms with Crippen LogP contribution in [0.25, 0.3) is 0 Å². The summed E-state index contributed by atoms with van der Waals surface area (Å²) < 4.78 is 20.0. The van der Waals surface area contributed by atoms with Crippen molar-refractivity contribution in [2.75, 3.05) is 19.7 Å². The summed E-state index contributed by atoms with van der Waals surface area (Å²) in [7, 11) is 0. The number of carbonyl (C=O) groups excluding carboxylic acids is 2. The Labute approximate surface area is 129 Å². The van der Waals surface area contributed by atoms with Crippen LogP contribution in [0.4, 0.5) is 9.18 Å². The molecule has 1 aliphatic heterocycles. The van der Waals surface area contributed by atoms with E-state index in [4.69, 9.17) is 4.74 Å². The van der Waals surface area contributed by atoms with Crippen LogP contribution in [0.1, 0.15) is 20.8 Å². The van der Waals surface area contributed by atoms with Gasteiger partial charge in [-0.05, 0) is 26.8 Å². The number of nitrogens with zero attached hydrogens (tertiary/aromatic N) is 3. The third kappa shape index (κ3) is 3.27. The molecule has 1 heterocycles. The monoisotopic (exact) mass is 309 g/mol. The minimum Gasteiger partial charge on any atom is -0.449 e. The molecule has 0 aromatic rings.